The minimum atomic E-state index is -0.429. The van der Waals surface area contributed by atoms with Crippen LogP contribution >= 0.6 is 0 Å². The Morgan fingerprint density at radius 3 is 2.47 bits per heavy atom. The van der Waals surface area contributed by atoms with Gasteiger partial charge in [0.05, 0.1) is 5.41 Å². The molecule has 1 aliphatic heterocycles. The van der Waals surface area contributed by atoms with Crippen LogP contribution in [0.25, 0.3) is 0 Å². The summed E-state index contributed by atoms with van der Waals surface area (Å²) in [6.45, 7) is 7.71. The third-order valence-electron chi connectivity index (χ3n) is 3.98. The monoisotopic (exact) mass is 269 g/mol. The Bertz CT molecular complexity index is 323. The normalized spacial score (nSPS) is 24.3. The highest BCUT2D eigenvalue weighted by atomic mass is 16.2. The summed E-state index contributed by atoms with van der Waals surface area (Å²) in [5.74, 6) is 0.260. The summed E-state index contributed by atoms with van der Waals surface area (Å²) < 4.78 is 0. The second kappa shape index (κ2) is 6.89. The van der Waals surface area contributed by atoms with Crippen molar-refractivity contribution in [2.45, 2.75) is 46.1 Å². The van der Waals surface area contributed by atoms with Gasteiger partial charge in [0.15, 0.2) is 0 Å². The molecule has 0 saturated carbocycles. The highest BCUT2D eigenvalue weighted by Crippen LogP contribution is 2.29. The van der Waals surface area contributed by atoms with Crippen molar-refractivity contribution in [3.63, 3.8) is 0 Å². The molecule has 5 heteroatoms. The zero-order valence-electron chi connectivity index (χ0n) is 12.5. The molecule has 1 saturated heterocycles. The molecule has 1 aliphatic rings. The van der Waals surface area contributed by atoms with Crippen LogP contribution in [-0.2, 0) is 9.59 Å². The van der Waals surface area contributed by atoms with Crippen LogP contribution in [0.15, 0.2) is 0 Å². The van der Waals surface area contributed by atoms with Crippen molar-refractivity contribution < 1.29 is 9.59 Å². The lowest BCUT2D eigenvalue weighted by atomic mass is 9.83. The fourth-order valence-corrected chi connectivity index (χ4v) is 2.59. The van der Waals surface area contributed by atoms with Crippen LogP contribution in [0, 0.1) is 11.3 Å². The maximum absolute atomic E-state index is 12.5. The van der Waals surface area contributed by atoms with Gasteiger partial charge in [-0.1, -0.05) is 20.8 Å². The Morgan fingerprint density at radius 1 is 1.37 bits per heavy atom. The molecule has 2 atom stereocenters. The number of amides is 2. The maximum Gasteiger partial charge on any atom is 0.242 e. The lowest BCUT2D eigenvalue weighted by Crippen LogP contribution is -2.52. The molecule has 2 amide bonds. The second-order valence-electron chi connectivity index (χ2n) is 5.83. The van der Waals surface area contributed by atoms with Crippen molar-refractivity contribution >= 4 is 11.8 Å². The molecule has 0 aromatic carbocycles. The third-order valence-corrected chi connectivity index (χ3v) is 3.98. The van der Waals surface area contributed by atoms with E-state index in [-0.39, 0.29) is 17.2 Å². The van der Waals surface area contributed by atoms with Crippen LogP contribution in [0.4, 0.5) is 0 Å². The Morgan fingerprint density at radius 2 is 2.05 bits per heavy atom. The van der Waals surface area contributed by atoms with Crippen molar-refractivity contribution in [2.24, 2.45) is 11.3 Å². The number of hydrogen-bond acceptors (Lipinski definition) is 3. The minimum absolute atomic E-state index is 0.00856. The van der Waals surface area contributed by atoms with Gasteiger partial charge in [-0.2, -0.15) is 0 Å². The Hall–Kier alpha value is -1.10. The molecule has 1 fully saturated rings. The predicted molar refractivity (Wildman–Crippen MR) is 75.7 cm³/mol. The number of carbonyl (C=O) groups excluding carboxylic acids is 2. The van der Waals surface area contributed by atoms with Crippen molar-refractivity contribution in [3.8, 4) is 0 Å². The molecule has 110 valence electrons. The highest BCUT2D eigenvalue weighted by molar-refractivity contribution is 5.90. The van der Waals surface area contributed by atoms with Gasteiger partial charge >= 0.3 is 0 Å². The average molecular weight is 269 g/mol. The van der Waals surface area contributed by atoms with E-state index in [0.717, 1.165) is 19.4 Å². The van der Waals surface area contributed by atoms with E-state index in [9.17, 15) is 9.59 Å². The van der Waals surface area contributed by atoms with Gasteiger partial charge in [-0.05, 0) is 31.7 Å². The van der Waals surface area contributed by atoms with Crippen molar-refractivity contribution in [1.29, 1.82) is 0 Å². The molecule has 0 spiro atoms. The van der Waals surface area contributed by atoms with Gasteiger partial charge in [0.2, 0.25) is 11.8 Å². The smallest absolute Gasteiger partial charge is 0.242 e. The highest BCUT2D eigenvalue weighted by Gasteiger charge is 2.40. The summed E-state index contributed by atoms with van der Waals surface area (Å²) in [6.07, 6.45) is 2.31. The van der Waals surface area contributed by atoms with E-state index in [4.69, 9.17) is 0 Å². The van der Waals surface area contributed by atoms with Crippen LogP contribution in [-0.4, -0.2) is 38.0 Å². The van der Waals surface area contributed by atoms with Crippen LogP contribution in [0.5, 0.6) is 0 Å². The molecular weight excluding hydrogens is 242 g/mol. The Labute approximate surface area is 115 Å². The van der Waals surface area contributed by atoms with Crippen LogP contribution in [0.2, 0.25) is 0 Å². The summed E-state index contributed by atoms with van der Waals surface area (Å²) in [7, 11) is 1.61. The summed E-state index contributed by atoms with van der Waals surface area (Å²) in [5.41, 5.74) is -0.344. The molecule has 0 bridgehead atoms. The molecule has 2 unspecified atom stereocenters. The summed E-state index contributed by atoms with van der Waals surface area (Å²) in [5, 5.41) is 8.81. The fraction of sp³-hybridized carbons (Fsp3) is 0.857. The molecule has 0 aromatic rings. The fourth-order valence-electron chi connectivity index (χ4n) is 2.59. The topological polar surface area (TPSA) is 70.2 Å². The van der Waals surface area contributed by atoms with E-state index in [1.54, 1.807) is 7.05 Å². The number of likely N-dealkylation sites (N-methyl/N-ethyl adjacent to an activating group) is 1. The molecule has 0 aliphatic carbocycles. The summed E-state index contributed by atoms with van der Waals surface area (Å²) in [4.78, 5) is 24.3. The largest absolute Gasteiger partial charge is 0.357 e. The zero-order valence-corrected chi connectivity index (χ0v) is 12.5. The molecule has 1 heterocycles. The Balaban J connectivity index is 2.72. The lowest BCUT2D eigenvalue weighted by molar-refractivity contribution is -0.135. The van der Waals surface area contributed by atoms with Crippen LogP contribution in [0.3, 0.4) is 0 Å². The summed E-state index contributed by atoms with van der Waals surface area (Å²) in [6, 6.07) is -0.429. The van der Waals surface area contributed by atoms with Gasteiger partial charge in [0.25, 0.3) is 0 Å². The standard InChI is InChI=1S/C14H27N3O2/c1-5-14(6-7-16-9-14)13(19)17-11(8-10(2)3)12(18)15-4/h10-11,16H,5-9H2,1-4H3,(H,15,18)(H,17,19). The van der Waals surface area contributed by atoms with E-state index in [1.165, 1.54) is 0 Å². The first-order valence-electron chi connectivity index (χ1n) is 7.18. The molecule has 19 heavy (non-hydrogen) atoms. The van der Waals surface area contributed by atoms with Gasteiger partial charge in [-0.25, -0.2) is 0 Å². The quantitative estimate of drug-likeness (QED) is 0.663. The van der Waals surface area contributed by atoms with Crippen molar-refractivity contribution in [1.82, 2.24) is 16.0 Å². The molecule has 0 aromatic heterocycles. The van der Waals surface area contributed by atoms with Gasteiger partial charge in [0, 0.05) is 13.6 Å². The predicted octanol–water partition coefficient (Wildman–Crippen LogP) is 0.653. The molecular formula is C14H27N3O2. The number of carbonyl (C=O) groups is 2. The molecule has 5 nitrogen and oxygen atoms in total. The molecule has 3 N–H and O–H groups in total. The van der Waals surface area contributed by atoms with Crippen molar-refractivity contribution in [3.05, 3.63) is 0 Å². The van der Waals surface area contributed by atoms with E-state index >= 15 is 0 Å². The first-order chi connectivity index (χ1) is 8.95. The second-order valence-corrected chi connectivity index (χ2v) is 5.83. The van der Waals surface area contributed by atoms with Crippen LogP contribution < -0.4 is 16.0 Å². The van der Waals surface area contributed by atoms with E-state index < -0.39 is 6.04 Å². The van der Waals surface area contributed by atoms with E-state index in [2.05, 4.69) is 29.8 Å². The van der Waals surface area contributed by atoms with Crippen LogP contribution in [0.1, 0.15) is 40.0 Å². The van der Waals surface area contributed by atoms with Gasteiger partial charge in [-0.3, -0.25) is 9.59 Å². The average Bonchev–Trinajstić information content (AvgIpc) is 2.86. The van der Waals surface area contributed by atoms with Gasteiger partial charge < -0.3 is 16.0 Å². The summed E-state index contributed by atoms with van der Waals surface area (Å²) >= 11 is 0. The maximum atomic E-state index is 12.5. The van der Waals surface area contributed by atoms with E-state index in [1.807, 2.05) is 6.92 Å². The molecule has 0 radical (unpaired) electrons. The lowest BCUT2D eigenvalue weighted by Gasteiger charge is -2.28. The van der Waals surface area contributed by atoms with Crippen molar-refractivity contribution in [2.75, 3.05) is 20.1 Å². The number of hydrogen-bond donors (Lipinski definition) is 3. The first-order valence-corrected chi connectivity index (χ1v) is 7.18. The van der Waals surface area contributed by atoms with E-state index in [0.29, 0.717) is 18.9 Å². The molecule has 1 rings (SSSR count). The zero-order chi connectivity index (χ0) is 14.5. The number of rotatable bonds is 6. The third kappa shape index (κ3) is 3.93. The Kier molecular flexibility index (Phi) is 5.79. The number of nitrogens with one attached hydrogen (secondary N) is 3. The minimum Gasteiger partial charge on any atom is -0.357 e. The first kappa shape index (κ1) is 16.0. The van der Waals surface area contributed by atoms with Gasteiger partial charge in [0.1, 0.15) is 6.04 Å². The SMILES string of the molecule is CCC1(C(=O)NC(CC(C)C)C(=O)NC)CCNC1. The van der Waals surface area contributed by atoms with Gasteiger partial charge in [-0.15, -0.1) is 0 Å².